The van der Waals surface area contributed by atoms with Crippen molar-refractivity contribution in [2.75, 3.05) is 12.4 Å². The summed E-state index contributed by atoms with van der Waals surface area (Å²) in [4.78, 5) is 36.0. The molecule has 0 unspecified atom stereocenters. The van der Waals surface area contributed by atoms with Crippen LogP contribution in [0.1, 0.15) is 35.3 Å². The molecular weight excluding hydrogens is 346 g/mol. The summed E-state index contributed by atoms with van der Waals surface area (Å²) in [6.45, 7) is 4.90. The molecule has 27 heavy (non-hydrogen) atoms. The van der Waals surface area contributed by atoms with Gasteiger partial charge in [-0.1, -0.05) is 17.7 Å². The van der Waals surface area contributed by atoms with Crippen LogP contribution in [-0.4, -0.2) is 30.9 Å². The van der Waals surface area contributed by atoms with Gasteiger partial charge in [-0.3, -0.25) is 14.4 Å². The van der Waals surface area contributed by atoms with Gasteiger partial charge < -0.3 is 14.8 Å². The summed E-state index contributed by atoms with van der Waals surface area (Å²) in [5.41, 5.74) is 2.71. The molecule has 0 saturated heterocycles. The van der Waals surface area contributed by atoms with Gasteiger partial charge in [-0.05, 0) is 51.1 Å². The van der Waals surface area contributed by atoms with Crippen molar-refractivity contribution in [1.82, 2.24) is 0 Å². The SMILES string of the molecule is COc1ccc(C(C)=O)cc1CC(=O)O[C@H](C)C(=O)Nc1ccc(C)cc1. The fourth-order valence-corrected chi connectivity index (χ4v) is 2.46. The highest BCUT2D eigenvalue weighted by molar-refractivity contribution is 5.96. The predicted octanol–water partition coefficient (Wildman–Crippen LogP) is 3.32. The molecule has 1 atom stereocenters. The van der Waals surface area contributed by atoms with Crippen molar-refractivity contribution < 1.29 is 23.9 Å². The number of hydrogen-bond donors (Lipinski definition) is 1. The number of nitrogens with one attached hydrogen (secondary N) is 1. The third kappa shape index (κ3) is 5.67. The second-order valence-electron chi connectivity index (χ2n) is 6.25. The lowest BCUT2D eigenvalue weighted by molar-refractivity contribution is -0.152. The van der Waals surface area contributed by atoms with E-state index in [1.165, 1.54) is 21.0 Å². The predicted molar refractivity (Wildman–Crippen MR) is 102 cm³/mol. The smallest absolute Gasteiger partial charge is 0.311 e. The molecule has 0 aliphatic rings. The maximum absolute atomic E-state index is 12.2. The van der Waals surface area contributed by atoms with E-state index >= 15 is 0 Å². The number of esters is 1. The normalized spacial score (nSPS) is 11.4. The van der Waals surface area contributed by atoms with Crippen molar-refractivity contribution in [3.63, 3.8) is 0 Å². The van der Waals surface area contributed by atoms with E-state index < -0.39 is 18.0 Å². The molecule has 0 aliphatic carbocycles. The molecule has 6 nitrogen and oxygen atoms in total. The summed E-state index contributed by atoms with van der Waals surface area (Å²) in [5, 5.41) is 2.70. The zero-order valence-corrected chi connectivity index (χ0v) is 15.9. The number of anilines is 1. The topological polar surface area (TPSA) is 81.7 Å². The van der Waals surface area contributed by atoms with Crippen LogP contribution in [0.4, 0.5) is 5.69 Å². The van der Waals surface area contributed by atoms with Gasteiger partial charge in [0, 0.05) is 16.8 Å². The molecule has 2 aromatic carbocycles. The first-order chi connectivity index (χ1) is 12.8. The number of amides is 1. The molecular formula is C21H23NO5. The Labute approximate surface area is 158 Å². The molecule has 6 heteroatoms. The van der Waals surface area contributed by atoms with E-state index in [1.807, 2.05) is 19.1 Å². The maximum Gasteiger partial charge on any atom is 0.311 e. The first-order valence-corrected chi connectivity index (χ1v) is 8.55. The van der Waals surface area contributed by atoms with Crippen molar-refractivity contribution in [1.29, 1.82) is 0 Å². The average Bonchev–Trinajstić information content (AvgIpc) is 2.63. The summed E-state index contributed by atoms with van der Waals surface area (Å²) in [6, 6.07) is 12.2. The molecule has 2 aromatic rings. The van der Waals surface area contributed by atoms with Crippen LogP contribution < -0.4 is 10.1 Å². The Morgan fingerprint density at radius 2 is 1.74 bits per heavy atom. The number of carbonyl (C=O) groups is 3. The number of ketones is 1. The number of benzene rings is 2. The van der Waals surface area contributed by atoms with Crippen molar-refractivity contribution >= 4 is 23.3 Å². The van der Waals surface area contributed by atoms with Crippen LogP contribution in [0.5, 0.6) is 5.75 Å². The lowest BCUT2D eigenvalue weighted by Gasteiger charge is -2.15. The van der Waals surface area contributed by atoms with E-state index in [1.54, 1.807) is 30.3 Å². The maximum atomic E-state index is 12.2. The van der Waals surface area contributed by atoms with Gasteiger partial charge in [-0.15, -0.1) is 0 Å². The Bertz CT molecular complexity index is 842. The van der Waals surface area contributed by atoms with E-state index in [9.17, 15) is 14.4 Å². The summed E-state index contributed by atoms with van der Waals surface area (Å²) >= 11 is 0. The number of hydrogen-bond acceptors (Lipinski definition) is 5. The molecule has 0 fully saturated rings. The quantitative estimate of drug-likeness (QED) is 0.598. The summed E-state index contributed by atoms with van der Waals surface area (Å²) in [5.74, 6) is -0.635. The number of methoxy groups -OCH3 is 1. The van der Waals surface area contributed by atoms with E-state index in [-0.39, 0.29) is 12.2 Å². The molecule has 0 heterocycles. The Morgan fingerprint density at radius 3 is 2.33 bits per heavy atom. The largest absolute Gasteiger partial charge is 0.496 e. The minimum Gasteiger partial charge on any atom is -0.496 e. The number of Topliss-reactive ketones (excluding diaryl/α,β-unsaturated/α-hetero) is 1. The molecule has 1 N–H and O–H groups in total. The third-order valence-corrected chi connectivity index (χ3v) is 4.02. The average molecular weight is 369 g/mol. The van der Waals surface area contributed by atoms with Gasteiger partial charge in [0.15, 0.2) is 11.9 Å². The monoisotopic (exact) mass is 369 g/mol. The van der Waals surface area contributed by atoms with E-state index in [0.717, 1.165) is 5.56 Å². The number of rotatable bonds is 7. The van der Waals surface area contributed by atoms with Crippen molar-refractivity contribution in [3.05, 3.63) is 59.2 Å². The van der Waals surface area contributed by atoms with Gasteiger partial charge in [-0.2, -0.15) is 0 Å². The van der Waals surface area contributed by atoms with Gasteiger partial charge in [0.05, 0.1) is 13.5 Å². The van der Waals surface area contributed by atoms with E-state index in [4.69, 9.17) is 9.47 Å². The lowest BCUT2D eigenvalue weighted by Crippen LogP contribution is -2.30. The van der Waals surface area contributed by atoms with Crippen LogP contribution in [-0.2, 0) is 20.7 Å². The standard InChI is InChI=1S/C21H23NO5/c1-13-5-8-18(9-6-13)22-21(25)15(3)27-20(24)12-17-11-16(14(2)23)7-10-19(17)26-4/h5-11,15H,12H2,1-4H3,(H,22,25)/t15-/m1/s1. The van der Waals surface area contributed by atoms with Crippen LogP contribution in [0, 0.1) is 6.92 Å². The molecule has 2 rings (SSSR count). The highest BCUT2D eigenvalue weighted by Crippen LogP contribution is 2.21. The van der Waals surface area contributed by atoms with E-state index in [0.29, 0.717) is 22.6 Å². The molecule has 0 bridgehead atoms. The van der Waals surface area contributed by atoms with Gasteiger partial charge in [0.25, 0.3) is 5.91 Å². The van der Waals surface area contributed by atoms with E-state index in [2.05, 4.69) is 5.32 Å². The Balaban J connectivity index is 2.00. The molecule has 0 radical (unpaired) electrons. The zero-order chi connectivity index (χ0) is 20.0. The molecule has 0 spiro atoms. The summed E-state index contributed by atoms with van der Waals surface area (Å²) in [6.07, 6.45) is -1.06. The second kappa shape index (κ2) is 8.98. The van der Waals surface area contributed by atoms with Crippen LogP contribution in [0.25, 0.3) is 0 Å². The van der Waals surface area contributed by atoms with Crippen LogP contribution in [0.3, 0.4) is 0 Å². The van der Waals surface area contributed by atoms with Crippen molar-refractivity contribution in [3.8, 4) is 5.75 Å². The lowest BCUT2D eigenvalue weighted by atomic mass is 10.0. The van der Waals surface area contributed by atoms with Gasteiger partial charge >= 0.3 is 5.97 Å². The van der Waals surface area contributed by atoms with Crippen molar-refractivity contribution in [2.45, 2.75) is 33.3 Å². The molecule has 142 valence electrons. The summed E-state index contributed by atoms with van der Waals surface area (Å²) in [7, 11) is 1.48. The van der Waals surface area contributed by atoms with Crippen LogP contribution >= 0.6 is 0 Å². The minimum absolute atomic E-state index is 0.105. The number of ether oxygens (including phenoxy) is 2. The highest BCUT2D eigenvalue weighted by Gasteiger charge is 2.19. The first-order valence-electron chi connectivity index (χ1n) is 8.55. The molecule has 1 amide bonds. The van der Waals surface area contributed by atoms with Crippen LogP contribution in [0.2, 0.25) is 0 Å². The number of aryl methyl sites for hydroxylation is 1. The fraction of sp³-hybridized carbons (Fsp3) is 0.286. The van der Waals surface area contributed by atoms with Gasteiger partial charge in [-0.25, -0.2) is 0 Å². The Hall–Kier alpha value is -3.15. The summed E-state index contributed by atoms with van der Waals surface area (Å²) < 4.78 is 10.4. The van der Waals surface area contributed by atoms with Crippen molar-refractivity contribution in [2.24, 2.45) is 0 Å². The van der Waals surface area contributed by atoms with Gasteiger partial charge in [0.1, 0.15) is 5.75 Å². The molecule has 0 saturated carbocycles. The molecule has 0 aliphatic heterocycles. The molecule has 0 aromatic heterocycles. The Morgan fingerprint density at radius 1 is 1.07 bits per heavy atom. The fourth-order valence-electron chi connectivity index (χ4n) is 2.46. The highest BCUT2D eigenvalue weighted by atomic mass is 16.5. The van der Waals surface area contributed by atoms with Gasteiger partial charge in [0.2, 0.25) is 0 Å². The first kappa shape index (κ1) is 20.2. The Kier molecular flexibility index (Phi) is 6.71. The minimum atomic E-state index is -0.958. The van der Waals surface area contributed by atoms with Crippen LogP contribution in [0.15, 0.2) is 42.5 Å². The second-order valence-corrected chi connectivity index (χ2v) is 6.25. The third-order valence-electron chi connectivity index (χ3n) is 4.02. The number of carbonyl (C=O) groups excluding carboxylic acids is 3. The zero-order valence-electron chi connectivity index (χ0n) is 15.9.